The normalized spacial score (nSPS) is 12.7. The fourth-order valence-corrected chi connectivity index (χ4v) is 6.07. The van der Waals surface area contributed by atoms with Gasteiger partial charge in [0.1, 0.15) is 5.75 Å². The number of benzene rings is 1. The Kier molecular flexibility index (Phi) is 9.92. The first-order valence-electron chi connectivity index (χ1n) is 13.2. The van der Waals surface area contributed by atoms with Crippen molar-refractivity contribution in [2.75, 3.05) is 37.3 Å². The van der Waals surface area contributed by atoms with Gasteiger partial charge in [-0.25, -0.2) is 24.3 Å². The molecule has 12 nitrogen and oxygen atoms in total. The number of thiazole rings is 1. The molecule has 4 aromatic rings. The van der Waals surface area contributed by atoms with Crippen molar-refractivity contribution in [3.8, 4) is 27.6 Å². The molecule has 1 unspecified atom stereocenters. The predicted molar refractivity (Wildman–Crippen MR) is 163 cm³/mol. The quantitative estimate of drug-likeness (QED) is 0.131. The zero-order valence-corrected chi connectivity index (χ0v) is 26.2. The molecule has 4 rings (SSSR count). The summed E-state index contributed by atoms with van der Waals surface area (Å²) in [7, 11) is -1.38. The van der Waals surface area contributed by atoms with Gasteiger partial charge in [0.15, 0.2) is 10.8 Å². The maximum atomic E-state index is 16.1. The predicted octanol–water partition coefficient (Wildman–Crippen LogP) is 4.14. The van der Waals surface area contributed by atoms with Crippen LogP contribution in [0.15, 0.2) is 47.6 Å². The van der Waals surface area contributed by atoms with E-state index in [0.29, 0.717) is 46.7 Å². The van der Waals surface area contributed by atoms with Crippen molar-refractivity contribution >= 4 is 33.0 Å². The van der Waals surface area contributed by atoms with E-state index >= 15 is 4.39 Å². The van der Waals surface area contributed by atoms with Crippen LogP contribution in [0.1, 0.15) is 31.5 Å². The minimum Gasteiger partial charge on any atom is -0.495 e. The third-order valence-corrected chi connectivity index (χ3v) is 8.88. The summed E-state index contributed by atoms with van der Waals surface area (Å²) in [6.07, 6.45) is 0.490. The number of methoxy groups -OCH3 is 2. The number of ether oxygens (including phenoxy) is 2. The lowest BCUT2D eigenvalue weighted by atomic mass is 9.98. The molecule has 0 spiro atoms. The summed E-state index contributed by atoms with van der Waals surface area (Å²) < 4.78 is 54.6. The molecule has 43 heavy (non-hydrogen) atoms. The largest absolute Gasteiger partial charge is 0.495 e. The van der Waals surface area contributed by atoms with Gasteiger partial charge >= 0.3 is 0 Å². The number of nitrogens with one attached hydrogen (secondary N) is 3. The number of hydrogen-bond acceptors (Lipinski definition) is 12. The Balaban J connectivity index is 1.70. The van der Waals surface area contributed by atoms with Crippen molar-refractivity contribution in [2.45, 2.75) is 44.5 Å². The molecule has 0 aliphatic rings. The number of aliphatic hydroxyl groups is 1. The summed E-state index contributed by atoms with van der Waals surface area (Å²) in [5, 5.41) is 15.8. The average Bonchev–Trinajstić information content (AvgIpc) is 3.42. The van der Waals surface area contributed by atoms with Crippen molar-refractivity contribution in [3.05, 3.63) is 59.1 Å². The third-order valence-electron chi connectivity index (χ3n) is 6.11. The number of pyridine rings is 1. The lowest BCUT2D eigenvalue weighted by Gasteiger charge is -2.14. The summed E-state index contributed by atoms with van der Waals surface area (Å²) in [5.74, 6) is -0.0342. The van der Waals surface area contributed by atoms with Gasteiger partial charge in [-0.1, -0.05) is 26.8 Å². The summed E-state index contributed by atoms with van der Waals surface area (Å²) in [6.45, 7) is 8.39. The maximum Gasteiger partial charge on any atom is 0.279 e. The number of aliphatic hydroxyl groups excluding tert-OH is 1. The Morgan fingerprint density at radius 3 is 2.51 bits per heavy atom. The highest BCUT2D eigenvalue weighted by Gasteiger charge is 2.27. The number of sulfonamides is 1. The van der Waals surface area contributed by atoms with E-state index in [1.54, 1.807) is 31.3 Å². The highest BCUT2D eigenvalue weighted by atomic mass is 32.2. The lowest BCUT2D eigenvalue weighted by Crippen LogP contribution is -2.34. The van der Waals surface area contributed by atoms with Crippen LogP contribution in [0.25, 0.3) is 21.8 Å². The fraction of sp³-hybridized carbons (Fsp3) is 0.357. The molecule has 4 N–H and O–H groups in total. The van der Waals surface area contributed by atoms with Crippen LogP contribution in [0.3, 0.4) is 0 Å². The van der Waals surface area contributed by atoms with Crippen molar-refractivity contribution in [1.29, 1.82) is 0 Å². The molecule has 0 radical (unpaired) electrons. The second-order valence-electron chi connectivity index (χ2n) is 10.4. The van der Waals surface area contributed by atoms with Gasteiger partial charge in [-0.3, -0.25) is 10.0 Å². The van der Waals surface area contributed by atoms with Crippen LogP contribution >= 0.6 is 11.3 Å². The molecule has 230 valence electrons. The van der Waals surface area contributed by atoms with Crippen LogP contribution in [-0.4, -0.2) is 67.2 Å². The Morgan fingerprint density at radius 1 is 1.07 bits per heavy atom. The lowest BCUT2D eigenvalue weighted by molar-refractivity contribution is -0.0956. The second kappa shape index (κ2) is 13.3. The van der Waals surface area contributed by atoms with Gasteiger partial charge < -0.3 is 19.9 Å². The van der Waals surface area contributed by atoms with Crippen molar-refractivity contribution in [3.63, 3.8) is 0 Å². The van der Waals surface area contributed by atoms with Gasteiger partial charge in [-0.05, 0) is 37.3 Å². The fourth-order valence-electron chi connectivity index (χ4n) is 3.90. The summed E-state index contributed by atoms with van der Waals surface area (Å²) in [4.78, 5) is 18.3. The van der Waals surface area contributed by atoms with E-state index in [9.17, 15) is 13.5 Å². The summed E-state index contributed by atoms with van der Waals surface area (Å²) in [6, 6.07) is 8.91. The highest BCUT2D eigenvalue weighted by molar-refractivity contribution is 7.92. The first-order chi connectivity index (χ1) is 20.3. The number of halogens is 1. The zero-order chi connectivity index (χ0) is 31.4. The zero-order valence-electron chi connectivity index (χ0n) is 24.6. The third kappa shape index (κ3) is 7.61. The van der Waals surface area contributed by atoms with Gasteiger partial charge in [0.05, 0.1) is 39.8 Å². The molecule has 0 bridgehead atoms. The van der Waals surface area contributed by atoms with Crippen LogP contribution in [0, 0.1) is 12.7 Å². The van der Waals surface area contributed by atoms with E-state index in [1.165, 1.54) is 43.8 Å². The first-order valence-corrected chi connectivity index (χ1v) is 15.5. The van der Waals surface area contributed by atoms with Crippen LogP contribution in [0.2, 0.25) is 0 Å². The Hall–Kier alpha value is -3.76. The van der Waals surface area contributed by atoms with Gasteiger partial charge in [0, 0.05) is 37.4 Å². The molecular weight excluding hydrogens is 597 g/mol. The van der Waals surface area contributed by atoms with E-state index in [4.69, 9.17) is 14.5 Å². The number of anilines is 2. The SMILES string of the molecule is COc1ccc(S(=O)(=O)Nc2cccc(-c3nc(C(C)(C)C)sc3-c3ccnc(NCCNC(O)OC)n3)c2F)nc1C. The maximum absolute atomic E-state index is 16.1. The molecule has 0 amide bonds. The number of rotatable bonds is 12. The van der Waals surface area contributed by atoms with Gasteiger partial charge in [-0.2, -0.15) is 8.42 Å². The van der Waals surface area contributed by atoms with Gasteiger partial charge in [-0.15, -0.1) is 11.3 Å². The van der Waals surface area contributed by atoms with E-state index < -0.39 is 22.3 Å². The van der Waals surface area contributed by atoms with E-state index in [0.717, 1.165) is 5.01 Å². The molecule has 0 fully saturated rings. The van der Waals surface area contributed by atoms with Crippen LogP contribution in [0.5, 0.6) is 5.75 Å². The minimum atomic E-state index is -4.22. The standard InChI is InChI=1S/C28H34FN7O5S2/c1-16-20(40-5)10-11-21(33-16)43(38,39)36-18-9-7-8-17(22(18)29)23-24(42-25(35-23)28(2,3)4)19-12-13-30-26(34-19)31-14-15-32-27(37)41-6/h7-13,27,32,36-37H,14-15H2,1-6H3,(H,30,31,34). The minimum absolute atomic E-state index is 0.103. The molecule has 0 aliphatic heterocycles. The first kappa shape index (κ1) is 32.2. The Morgan fingerprint density at radius 2 is 1.84 bits per heavy atom. The topological polar surface area (TPSA) is 160 Å². The molecule has 1 aromatic carbocycles. The van der Waals surface area contributed by atoms with Gasteiger partial charge in [0.25, 0.3) is 10.0 Å². The number of aryl methyl sites for hydroxylation is 1. The number of hydrogen-bond donors (Lipinski definition) is 4. The smallest absolute Gasteiger partial charge is 0.279 e. The molecule has 3 aromatic heterocycles. The number of aromatic nitrogens is 4. The molecule has 0 saturated carbocycles. The molecular formula is C28H34FN7O5S2. The molecule has 3 heterocycles. The summed E-state index contributed by atoms with van der Waals surface area (Å²) in [5.41, 5.74) is 0.707. The molecule has 0 saturated heterocycles. The Bertz CT molecular complexity index is 1690. The van der Waals surface area contributed by atoms with E-state index in [-0.39, 0.29) is 21.7 Å². The molecule has 0 aliphatic carbocycles. The Labute approximate surface area is 253 Å². The summed E-state index contributed by atoms with van der Waals surface area (Å²) >= 11 is 1.37. The number of nitrogens with zero attached hydrogens (tertiary/aromatic N) is 4. The monoisotopic (exact) mass is 631 g/mol. The highest BCUT2D eigenvalue weighted by Crippen LogP contribution is 2.42. The second-order valence-corrected chi connectivity index (χ2v) is 13.0. The van der Waals surface area contributed by atoms with Crippen LogP contribution in [-0.2, 0) is 20.2 Å². The van der Waals surface area contributed by atoms with E-state index in [1.807, 2.05) is 20.8 Å². The van der Waals surface area contributed by atoms with Crippen LogP contribution in [0.4, 0.5) is 16.0 Å². The van der Waals surface area contributed by atoms with E-state index in [2.05, 4.69) is 30.3 Å². The molecule has 15 heteroatoms. The van der Waals surface area contributed by atoms with Crippen molar-refractivity contribution in [2.24, 2.45) is 0 Å². The average molecular weight is 632 g/mol. The molecule has 1 atom stereocenters. The van der Waals surface area contributed by atoms with Crippen molar-refractivity contribution in [1.82, 2.24) is 25.3 Å². The van der Waals surface area contributed by atoms with Gasteiger partial charge in [0.2, 0.25) is 12.4 Å². The van der Waals surface area contributed by atoms with Crippen LogP contribution < -0.4 is 20.1 Å². The van der Waals surface area contributed by atoms with Crippen molar-refractivity contribution < 1.29 is 27.4 Å².